The second-order valence-electron chi connectivity index (χ2n) is 20.5. The van der Waals surface area contributed by atoms with Gasteiger partial charge in [-0.05, 0) is 113 Å². The van der Waals surface area contributed by atoms with E-state index in [9.17, 15) is 39.3 Å². The van der Waals surface area contributed by atoms with Crippen LogP contribution in [0.2, 0.25) is 0 Å². The van der Waals surface area contributed by atoms with Gasteiger partial charge in [0, 0.05) is 58.5 Å². The third-order valence-electron chi connectivity index (χ3n) is 15.1. The summed E-state index contributed by atoms with van der Waals surface area (Å²) in [7, 11) is 4.50. The number of allylic oxidation sites excluding steroid dienone is 2. The van der Waals surface area contributed by atoms with E-state index in [1.165, 1.54) is 25.5 Å². The zero-order chi connectivity index (χ0) is 51.9. The number of Topliss-reactive ketones (excluding diaryl/α,β-unsaturated/α-hetero) is 3. The van der Waals surface area contributed by atoms with Gasteiger partial charge in [-0.3, -0.25) is 24.2 Å². The van der Waals surface area contributed by atoms with Crippen molar-refractivity contribution in [1.82, 2.24) is 4.90 Å². The lowest BCUT2D eigenvalue weighted by Crippen LogP contribution is -2.61. The molecule has 70 heavy (non-hydrogen) atoms. The lowest BCUT2D eigenvalue weighted by molar-refractivity contribution is -0.265. The number of aliphatic hydroxyl groups is 3. The number of fused-ring (bicyclic) bond motifs is 3. The lowest BCUT2D eigenvalue weighted by Gasteiger charge is -2.42. The van der Waals surface area contributed by atoms with Crippen LogP contribution in [-0.2, 0) is 47.7 Å². The van der Waals surface area contributed by atoms with Crippen molar-refractivity contribution in [2.45, 2.75) is 193 Å². The highest BCUT2D eigenvalue weighted by Crippen LogP contribution is 2.38. The normalized spacial score (nSPS) is 38.7. The van der Waals surface area contributed by atoms with Crippen molar-refractivity contribution >= 4 is 35.6 Å². The number of nitrogens with zero attached hydrogens (tertiary/aromatic N) is 4. The standard InChI is InChI=1S/C52H83N5O13/c1-30-14-13-15-38(58)25-33(4)43(66-8)27-39-19-17-36(7)52(65,70-39)49(62)50(63)57-21-12-11-16-41(57)51(64)69-44(32(3)24-37-18-20-40(45(26-37)67-9)54-29-55-56-53)28-42(59)31(2)23-35(6)47(61)48(68-10)46(60)34(5)22-30/h13-14,23,25,29-32,34,36-41,43-45,47-48,58,61,65H,11-12,15-22,24,26-28H2,1-10H3,(H2,53,54,55)/b14-13+,33-25?,35-23+/t30-,31-,32-,34-,36-,37+,38?,39+,40?,41+,43+,44+,45-,47-,48+,52-/m1/s1. The van der Waals surface area contributed by atoms with Gasteiger partial charge in [-0.2, -0.15) is 0 Å². The van der Waals surface area contributed by atoms with Crippen LogP contribution >= 0.6 is 0 Å². The van der Waals surface area contributed by atoms with Crippen LogP contribution in [0.3, 0.4) is 0 Å². The second kappa shape index (κ2) is 27.7. The Morgan fingerprint density at radius 3 is 2.31 bits per heavy atom. The van der Waals surface area contributed by atoms with Crippen LogP contribution < -0.4 is 5.84 Å². The molecular weight excluding hydrogens is 903 g/mol. The summed E-state index contributed by atoms with van der Waals surface area (Å²) in [6.07, 6.45) is 8.13. The monoisotopic (exact) mass is 986 g/mol. The molecule has 4 aliphatic rings. The highest BCUT2D eigenvalue weighted by atomic mass is 16.6. The van der Waals surface area contributed by atoms with E-state index in [1.54, 1.807) is 47.0 Å². The predicted molar refractivity (Wildman–Crippen MR) is 262 cm³/mol. The number of nitrogens with two attached hydrogens (primary N) is 1. The van der Waals surface area contributed by atoms with Crippen LogP contribution in [0.15, 0.2) is 50.8 Å². The number of carbonyl (C=O) groups is 5. The molecule has 2 saturated heterocycles. The number of ketones is 3. The number of hydrogen-bond acceptors (Lipinski definition) is 15. The zero-order valence-electron chi connectivity index (χ0n) is 43.2. The molecule has 394 valence electrons. The molecule has 3 fully saturated rings. The molecule has 1 amide bonds. The first kappa shape index (κ1) is 58.5. The Hall–Kier alpha value is -4.04. The fourth-order valence-electron chi connectivity index (χ4n) is 10.7. The van der Waals surface area contributed by atoms with Crippen LogP contribution in [0, 0.1) is 35.5 Å². The Kier molecular flexibility index (Phi) is 23.2. The average Bonchev–Trinajstić information content (AvgIpc) is 3.33. The summed E-state index contributed by atoms with van der Waals surface area (Å²) in [5.74, 6) is -3.21. The number of methoxy groups -OCH3 is 3. The summed E-state index contributed by atoms with van der Waals surface area (Å²) in [6.45, 7) is 12.5. The van der Waals surface area contributed by atoms with Crippen molar-refractivity contribution in [1.29, 1.82) is 0 Å². The van der Waals surface area contributed by atoms with Crippen molar-refractivity contribution < 1.29 is 63.0 Å². The number of rotatable bonds is 8. The Labute approximate surface area is 414 Å². The first-order valence-corrected chi connectivity index (χ1v) is 25.3. The van der Waals surface area contributed by atoms with Crippen molar-refractivity contribution in [3.63, 3.8) is 0 Å². The third-order valence-corrected chi connectivity index (χ3v) is 15.1. The Balaban J connectivity index is 1.70. The fraction of sp³-hybridized carbons (Fsp3) is 0.769. The highest BCUT2D eigenvalue weighted by molar-refractivity contribution is 6.39. The van der Waals surface area contributed by atoms with Crippen LogP contribution in [0.5, 0.6) is 0 Å². The summed E-state index contributed by atoms with van der Waals surface area (Å²) in [6, 6.07) is -1.33. The van der Waals surface area contributed by atoms with Gasteiger partial charge in [-0.15, -0.1) is 5.11 Å². The number of amides is 1. The smallest absolute Gasteiger partial charge is 0.329 e. The molecule has 18 nitrogen and oxygen atoms in total. The van der Waals surface area contributed by atoms with E-state index in [-0.39, 0.29) is 73.7 Å². The van der Waals surface area contributed by atoms with E-state index >= 15 is 0 Å². The molecular formula is C52H83N5O13. The maximum absolute atomic E-state index is 14.5. The van der Waals surface area contributed by atoms with Crippen LogP contribution in [-0.4, -0.2) is 144 Å². The number of cyclic esters (lactones) is 1. The largest absolute Gasteiger partial charge is 0.460 e. The van der Waals surface area contributed by atoms with E-state index in [0.717, 1.165) is 6.42 Å². The SMILES string of the molecule is CO[C@H]1C[C@@H]2CC[C@@H](C)[C@@](O)(O2)C(=O)C(=O)N2CCCC[C@H]2C(=O)O[C@H]([C@H](C)C[C@@H]2CCC(N=CN=NN)[C@H](OC)C2)CC(=O)[C@H](C)/C=C(\C)[C@@H](O)[C@@H](OC)C(=O)[C@H](C)C[C@H](C)/C=C/CC(O)C=C1C. The summed E-state index contributed by atoms with van der Waals surface area (Å²) in [4.78, 5) is 76.7. The van der Waals surface area contributed by atoms with E-state index in [1.807, 2.05) is 32.9 Å². The summed E-state index contributed by atoms with van der Waals surface area (Å²) < 4.78 is 29.7. The number of carbonyl (C=O) groups excluding carboxylic acids is 5. The molecule has 4 rings (SSSR count). The maximum atomic E-state index is 14.5. The van der Waals surface area contributed by atoms with Gasteiger partial charge in [-0.1, -0.05) is 64.1 Å². The van der Waals surface area contributed by atoms with E-state index in [2.05, 4.69) is 15.3 Å². The topological polar surface area (TPSA) is 259 Å². The number of aliphatic imine (C=N–C) groups is 1. The van der Waals surface area contributed by atoms with Crippen molar-refractivity contribution in [3.8, 4) is 0 Å². The van der Waals surface area contributed by atoms with Crippen LogP contribution in [0.25, 0.3) is 0 Å². The molecule has 1 saturated carbocycles. The molecule has 16 atom stereocenters. The Morgan fingerprint density at radius 2 is 1.64 bits per heavy atom. The number of esters is 1. The minimum absolute atomic E-state index is 0.0580. The molecule has 0 aromatic carbocycles. The number of ether oxygens (including phenoxy) is 5. The van der Waals surface area contributed by atoms with Crippen LogP contribution in [0.4, 0.5) is 0 Å². The Bertz CT molecular complexity index is 1920. The summed E-state index contributed by atoms with van der Waals surface area (Å²) >= 11 is 0. The summed E-state index contributed by atoms with van der Waals surface area (Å²) in [5, 5.41) is 41.3. The molecule has 1 aliphatic carbocycles. The first-order chi connectivity index (χ1) is 33.2. The van der Waals surface area contributed by atoms with Crippen molar-refractivity contribution in [2.75, 3.05) is 27.9 Å². The summed E-state index contributed by atoms with van der Waals surface area (Å²) in [5.41, 5.74) is 1.08. The zero-order valence-corrected chi connectivity index (χ0v) is 43.2. The number of piperidine rings is 1. The molecule has 2 unspecified atom stereocenters. The molecule has 2 bridgehead atoms. The van der Waals surface area contributed by atoms with Crippen molar-refractivity contribution in [3.05, 3.63) is 35.5 Å². The van der Waals surface area contributed by atoms with E-state index in [0.29, 0.717) is 62.5 Å². The predicted octanol–water partition coefficient (Wildman–Crippen LogP) is 5.74. The molecule has 18 heteroatoms. The quantitative estimate of drug-likeness (QED) is 0.0331. The minimum atomic E-state index is -2.48. The second-order valence-corrected chi connectivity index (χ2v) is 20.5. The third kappa shape index (κ3) is 15.7. The van der Waals surface area contributed by atoms with Gasteiger partial charge in [-0.25, -0.2) is 4.79 Å². The van der Waals surface area contributed by atoms with Gasteiger partial charge in [0.25, 0.3) is 11.7 Å². The highest BCUT2D eigenvalue weighted by Gasteiger charge is 2.53. The molecule has 0 radical (unpaired) electrons. The first-order valence-electron chi connectivity index (χ1n) is 25.3. The fourth-order valence-corrected chi connectivity index (χ4v) is 10.7. The molecule has 3 aliphatic heterocycles. The van der Waals surface area contributed by atoms with Gasteiger partial charge in [0.05, 0.1) is 30.5 Å². The minimum Gasteiger partial charge on any atom is -0.460 e. The lowest BCUT2D eigenvalue weighted by atomic mass is 9.77. The average molecular weight is 986 g/mol. The number of aliphatic hydroxyl groups excluding tert-OH is 2. The molecule has 0 aromatic heterocycles. The van der Waals surface area contributed by atoms with Gasteiger partial charge in [0.2, 0.25) is 5.79 Å². The molecule has 0 aromatic rings. The van der Waals surface area contributed by atoms with Crippen molar-refractivity contribution in [2.24, 2.45) is 56.7 Å². The molecule has 3 heterocycles. The van der Waals surface area contributed by atoms with Gasteiger partial charge in [0.1, 0.15) is 36.5 Å². The van der Waals surface area contributed by atoms with Gasteiger partial charge < -0.3 is 49.7 Å². The molecule has 0 spiro atoms. The van der Waals surface area contributed by atoms with Gasteiger partial charge >= 0.3 is 5.97 Å². The molecule has 5 N–H and O–H groups in total. The van der Waals surface area contributed by atoms with E-state index < -0.39 is 83.9 Å². The van der Waals surface area contributed by atoms with E-state index in [4.69, 9.17) is 29.5 Å². The van der Waals surface area contributed by atoms with Gasteiger partial charge in [0.15, 0.2) is 5.78 Å². The maximum Gasteiger partial charge on any atom is 0.329 e. The van der Waals surface area contributed by atoms with Crippen LogP contribution in [0.1, 0.15) is 132 Å². The Morgan fingerprint density at radius 1 is 0.914 bits per heavy atom. The number of hydrogen-bond donors (Lipinski definition) is 4.